The van der Waals surface area contributed by atoms with Crippen LogP contribution in [0.1, 0.15) is 32.7 Å². The van der Waals surface area contributed by atoms with E-state index in [9.17, 15) is 18.0 Å². The van der Waals surface area contributed by atoms with E-state index in [0.29, 0.717) is 22.6 Å². The number of hydrogen-bond acceptors (Lipinski definition) is 5. The maximum atomic E-state index is 13.1. The monoisotopic (exact) mass is 568 g/mol. The van der Waals surface area contributed by atoms with Gasteiger partial charge in [0.05, 0.1) is 39.8 Å². The molecule has 0 unspecified atom stereocenters. The average Bonchev–Trinajstić information content (AvgIpc) is 3.47. The number of hydrogen-bond donors (Lipinski definition) is 2. The van der Waals surface area contributed by atoms with Crippen molar-refractivity contribution in [1.29, 1.82) is 0 Å². The standard InChI is InChI=1S/C27H20ClF3N6OS/c1-16-21(24(28)37(36-16)20-6-4-5-19(13-20)27(29,30)31)14-32-35-25(38)18-11-9-17(10-12-18)15-39-26-33-22-7-2-3-8-23(22)34-26/h2-14H,15H2,1H3,(H,33,34)(H,35,38)/b32-14+. The van der Waals surface area contributed by atoms with Crippen LogP contribution < -0.4 is 5.43 Å². The molecule has 0 spiro atoms. The minimum Gasteiger partial charge on any atom is -0.333 e. The van der Waals surface area contributed by atoms with Gasteiger partial charge >= 0.3 is 6.18 Å². The third-order valence-electron chi connectivity index (χ3n) is 5.79. The van der Waals surface area contributed by atoms with Crippen molar-refractivity contribution < 1.29 is 18.0 Å². The number of rotatable bonds is 7. The van der Waals surface area contributed by atoms with E-state index in [4.69, 9.17) is 11.6 Å². The summed E-state index contributed by atoms with van der Waals surface area (Å²) in [5, 5.41) is 9.07. The summed E-state index contributed by atoms with van der Waals surface area (Å²) >= 11 is 7.95. The number of imidazole rings is 1. The van der Waals surface area contributed by atoms with Crippen molar-refractivity contribution in [2.24, 2.45) is 5.10 Å². The Morgan fingerprint density at radius 3 is 2.64 bits per heavy atom. The number of hydrazone groups is 1. The molecular formula is C27H20ClF3N6OS. The molecule has 3 aromatic carbocycles. The molecule has 2 aromatic heterocycles. The number of fused-ring (bicyclic) bond motifs is 1. The summed E-state index contributed by atoms with van der Waals surface area (Å²) in [6, 6.07) is 19.6. The SMILES string of the molecule is Cc1nn(-c2cccc(C(F)(F)F)c2)c(Cl)c1/C=N/NC(=O)c1ccc(CSc2nc3ccccc3[nH]2)cc1. The largest absolute Gasteiger partial charge is 0.416 e. The Morgan fingerprint density at radius 1 is 1.13 bits per heavy atom. The molecule has 1 amide bonds. The van der Waals surface area contributed by atoms with Crippen molar-refractivity contribution in [1.82, 2.24) is 25.2 Å². The zero-order chi connectivity index (χ0) is 27.6. The number of aromatic nitrogens is 4. The fourth-order valence-electron chi connectivity index (χ4n) is 3.76. The molecule has 0 aliphatic heterocycles. The van der Waals surface area contributed by atoms with E-state index in [1.54, 1.807) is 30.8 Å². The van der Waals surface area contributed by atoms with Crippen LogP contribution in [0.4, 0.5) is 13.2 Å². The molecule has 0 saturated carbocycles. The normalized spacial score (nSPS) is 11.9. The van der Waals surface area contributed by atoms with Crippen LogP contribution >= 0.6 is 23.4 Å². The smallest absolute Gasteiger partial charge is 0.333 e. The lowest BCUT2D eigenvalue weighted by Crippen LogP contribution is -2.17. The van der Waals surface area contributed by atoms with E-state index < -0.39 is 17.6 Å². The third-order valence-corrected chi connectivity index (χ3v) is 7.09. The number of aryl methyl sites for hydroxylation is 1. The Morgan fingerprint density at radius 2 is 1.90 bits per heavy atom. The number of alkyl halides is 3. The lowest BCUT2D eigenvalue weighted by Gasteiger charge is -2.09. The summed E-state index contributed by atoms with van der Waals surface area (Å²) < 4.78 is 40.5. The Bertz CT molecular complexity index is 1640. The van der Waals surface area contributed by atoms with Crippen LogP contribution in [0.2, 0.25) is 5.15 Å². The summed E-state index contributed by atoms with van der Waals surface area (Å²) in [5.41, 5.74) is 5.89. The van der Waals surface area contributed by atoms with Gasteiger partial charge in [-0.25, -0.2) is 15.1 Å². The molecule has 39 heavy (non-hydrogen) atoms. The van der Waals surface area contributed by atoms with Crippen molar-refractivity contribution in [3.8, 4) is 5.69 Å². The van der Waals surface area contributed by atoms with Gasteiger partial charge in [-0.15, -0.1) is 0 Å². The van der Waals surface area contributed by atoms with Gasteiger partial charge in [0.25, 0.3) is 5.91 Å². The minimum atomic E-state index is -4.50. The summed E-state index contributed by atoms with van der Waals surface area (Å²) in [6.07, 6.45) is -3.18. The molecule has 0 bridgehead atoms. The van der Waals surface area contributed by atoms with Crippen molar-refractivity contribution in [3.05, 3.63) is 106 Å². The number of amides is 1. The second-order valence-corrected chi connectivity index (χ2v) is 9.82. The quantitative estimate of drug-likeness (QED) is 0.129. The Labute approximate surface area is 230 Å². The van der Waals surface area contributed by atoms with E-state index in [2.05, 4.69) is 25.6 Å². The number of aromatic amines is 1. The summed E-state index contributed by atoms with van der Waals surface area (Å²) in [6.45, 7) is 1.64. The van der Waals surface area contributed by atoms with Crippen LogP contribution in [0.5, 0.6) is 0 Å². The lowest BCUT2D eigenvalue weighted by molar-refractivity contribution is -0.137. The topological polar surface area (TPSA) is 88.0 Å². The molecule has 5 rings (SSSR count). The van der Waals surface area contributed by atoms with E-state index >= 15 is 0 Å². The summed E-state index contributed by atoms with van der Waals surface area (Å²) in [4.78, 5) is 20.4. The van der Waals surface area contributed by atoms with E-state index in [-0.39, 0.29) is 10.8 Å². The number of thioether (sulfide) groups is 1. The van der Waals surface area contributed by atoms with Crippen LogP contribution in [0.15, 0.2) is 83.1 Å². The van der Waals surface area contributed by atoms with Gasteiger partial charge in [-0.2, -0.15) is 23.4 Å². The molecular weight excluding hydrogens is 549 g/mol. The van der Waals surface area contributed by atoms with E-state index in [1.807, 2.05) is 36.4 Å². The zero-order valence-corrected chi connectivity index (χ0v) is 21.9. The number of carbonyl (C=O) groups excluding carboxylic acids is 1. The van der Waals surface area contributed by atoms with Gasteiger partial charge < -0.3 is 4.98 Å². The molecule has 198 valence electrons. The average molecular weight is 569 g/mol. The van der Waals surface area contributed by atoms with Gasteiger partial charge in [0.2, 0.25) is 0 Å². The fourth-order valence-corrected chi connectivity index (χ4v) is 4.93. The molecule has 12 heteroatoms. The number of halogens is 4. The zero-order valence-electron chi connectivity index (χ0n) is 20.3. The Hall–Kier alpha value is -4.09. The van der Waals surface area contributed by atoms with Gasteiger partial charge in [-0.1, -0.05) is 53.7 Å². The molecule has 0 aliphatic rings. The maximum Gasteiger partial charge on any atom is 0.416 e. The fraction of sp³-hybridized carbons (Fsp3) is 0.111. The maximum absolute atomic E-state index is 13.1. The van der Waals surface area contributed by atoms with Crippen molar-refractivity contribution in [3.63, 3.8) is 0 Å². The highest BCUT2D eigenvalue weighted by atomic mass is 35.5. The highest BCUT2D eigenvalue weighted by Gasteiger charge is 2.30. The second-order valence-electron chi connectivity index (χ2n) is 8.49. The van der Waals surface area contributed by atoms with Crippen molar-refractivity contribution in [2.45, 2.75) is 24.0 Å². The minimum absolute atomic E-state index is 0.0659. The number of carbonyl (C=O) groups is 1. The van der Waals surface area contributed by atoms with Crippen LogP contribution in [0.25, 0.3) is 16.7 Å². The first-order valence-corrected chi connectivity index (χ1v) is 13.0. The second kappa shape index (κ2) is 11.0. The predicted octanol–water partition coefficient (Wildman–Crippen LogP) is 6.79. The number of nitrogens with zero attached hydrogens (tertiary/aromatic N) is 4. The highest BCUT2D eigenvalue weighted by molar-refractivity contribution is 7.98. The van der Waals surface area contributed by atoms with Crippen LogP contribution in [0, 0.1) is 6.92 Å². The molecule has 2 heterocycles. The van der Waals surface area contributed by atoms with Crippen molar-refractivity contribution in [2.75, 3.05) is 0 Å². The summed E-state index contributed by atoms with van der Waals surface area (Å²) in [5.74, 6) is 0.245. The first kappa shape index (κ1) is 26.5. The van der Waals surface area contributed by atoms with Gasteiger partial charge in [0.15, 0.2) is 5.16 Å². The molecule has 5 aromatic rings. The van der Waals surface area contributed by atoms with Gasteiger partial charge in [0, 0.05) is 11.3 Å². The molecule has 0 saturated heterocycles. The molecule has 0 radical (unpaired) electrons. The number of para-hydroxylation sites is 2. The number of benzene rings is 3. The number of nitrogens with one attached hydrogen (secondary N) is 2. The molecule has 0 atom stereocenters. The lowest BCUT2D eigenvalue weighted by atomic mass is 10.1. The van der Waals surface area contributed by atoms with Crippen molar-refractivity contribution >= 4 is 46.5 Å². The Balaban J connectivity index is 1.21. The molecule has 0 fully saturated rings. The van der Waals surface area contributed by atoms with Crippen LogP contribution in [0.3, 0.4) is 0 Å². The molecule has 2 N–H and O–H groups in total. The van der Waals surface area contributed by atoms with Gasteiger partial charge in [0.1, 0.15) is 5.15 Å². The predicted molar refractivity (Wildman–Crippen MR) is 145 cm³/mol. The van der Waals surface area contributed by atoms with Gasteiger partial charge in [-0.3, -0.25) is 4.79 Å². The van der Waals surface area contributed by atoms with Gasteiger partial charge in [-0.05, 0) is 55.0 Å². The number of H-pyrrole nitrogens is 1. The highest BCUT2D eigenvalue weighted by Crippen LogP contribution is 2.31. The summed E-state index contributed by atoms with van der Waals surface area (Å²) in [7, 11) is 0. The third kappa shape index (κ3) is 5.99. The first-order chi connectivity index (χ1) is 18.7. The Kier molecular flexibility index (Phi) is 7.45. The first-order valence-electron chi connectivity index (χ1n) is 11.6. The van der Waals surface area contributed by atoms with E-state index in [0.717, 1.165) is 33.9 Å². The molecule has 0 aliphatic carbocycles. The van der Waals surface area contributed by atoms with E-state index in [1.165, 1.54) is 23.0 Å². The van der Waals surface area contributed by atoms with Crippen LogP contribution in [-0.4, -0.2) is 31.9 Å². The molecule has 7 nitrogen and oxygen atoms in total. The van der Waals surface area contributed by atoms with Crippen LogP contribution in [-0.2, 0) is 11.9 Å².